The minimum atomic E-state index is -0.0944. The van der Waals surface area contributed by atoms with Crippen LogP contribution in [-0.4, -0.2) is 17.4 Å². The number of para-hydroxylation sites is 1. The highest BCUT2D eigenvalue weighted by Crippen LogP contribution is 2.22. The van der Waals surface area contributed by atoms with E-state index in [9.17, 15) is 4.79 Å². The Bertz CT molecular complexity index is 671. The molecule has 4 nitrogen and oxygen atoms in total. The van der Waals surface area contributed by atoms with Gasteiger partial charge in [-0.1, -0.05) is 12.1 Å². The molecule has 0 aliphatic rings. The van der Waals surface area contributed by atoms with E-state index in [1.165, 1.54) is 17.2 Å². The molecule has 0 bridgehead atoms. The second kappa shape index (κ2) is 5.88. The first-order chi connectivity index (χ1) is 9.83. The van der Waals surface area contributed by atoms with Gasteiger partial charge in [0.15, 0.2) is 0 Å². The molecule has 0 spiro atoms. The molecular weight excluding hydrogens is 272 g/mol. The van der Waals surface area contributed by atoms with Crippen LogP contribution in [0.4, 0.5) is 0 Å². The second-order valence-electron chi connectivity index (χ2n) is 4.45. The van der Waals surface area contributed by atoms with Gasteiger partial charge in [-0.3, -0.25) is 4.79 Å². The summed E-state index contributed by atoms with van der Waals surface area (Å²) < 4.78 is 6.09. The van der Waals surface area contributed by atoms with E-state index in [1.54, 1.807) is 17.4 Å². The zero-order valence-electron chi connectivity index (χ0n) is 10.8. The van der Waals surface area contributed by atoms with E-state index in [1.807, 2.05) is 18.2 Å². The summed E-state index contributed by atoms with van der Waals surface area (Å²) in [6.07, 6.45) is 4.70. The number of carbonyl (C=O) groups is 1. The van der Waals surface area contributed by atoms with Gasteiger partial charge in [-0.05, 0) is 24.6 Å². The molecule has 0 saturated carbocycles. The van der Waals surface area contributed by atoms with Crippen LogP contribution < -0.4 is 5.32 Å². The quantitative estimate of drug-likeness (QED) is 0.732. The topological polar surface area (TPSA) is 55.1 Å². The number of carbonyl (C=O) groups excluding carboxylic acids is 1. The number of fused-ring (bicyclic) bond motifs is 1. The predicted molar refractivity (Wildman–Crippen MR) is 79.0 cm³/mol. The first-order valence-corrected chi connectivity index (χ1v) is 7.29. The molecule has 1 aromatic carbocycles. The summed E-state index contributed by atoms with van der Waals surface area (Å²) in [5.74, 6) is -0.0944. The maximum atomic E-state index is 11.7. The number of benzene rings is 1. The van der Waals surface area contributed by atoms with Crippen molar-refractivity contribution in [2.45, 2.75) is 12.8 Å². The fourth-order valence-corrected chi connectivity index (χ4v) is 2.97. The summed E-state index contributed by atoms with van der Waals surface area (Å²) in [6, 6.07) is 9.78. The van der Waals surface area contributed by atoms with Gasteiger partial charge in [-0.2, -0.15) is 0 Å². The van der Waals surface area contributed by atoms with Crippen LogP contribution in [0.1, 0.15) is 21.8 Å². The fourth-order valence-electron chi connectivity index (χ4n) is 1.96. The van der Waals surface area contributed by atoms with Crippen LogP contribution in [0.2, 0.25) is 0 Å². The molecule has 0 saturated heterocycles. The number of hydrogen-bond acceptors (Lipinski definition) is 4. The van der Waals surface area contributed by atoms with Gasteiger partial charge in [0.25, 0.3) is 5.91 Å². The Balaban J connectivity index is 1.49. The van der Waals surface area contributed by atoms with Crippen LogP contribution in [0.25, 0.3) is 10.2 Å². The van der Waals surface area contributed by atoms with Crippen molar-refractivity contribution >= 4 is 27.5 Å². The third-order valence-corrected chi connectivity index (χ3v) is 4.07. The van der Waals surface area contributed by atoms with Crippen molar-refractivity contribution in [3.8, 4) is 0 Å². The summed E-state index contributed by atoms with van der Waals surface area (Å²) in [5, 5.41) is 3.98. The number of nitrogens with zero attached hydrogens (tertiary/aromatic N) is 1. The highest BCUT2D eigenvalue weighted by molar-refractivity contribution is 7.18. The molecule has 2 aromatic heterocycles. The molecule has 0 aliphatic heterocycles. The normalized spacial score (nSPS) is 10.8. The van der Waals surface area contributed by atoms with Crippen LogP contribution >= 0.6 is 11.3 Å². The van der Waals surface area contributed by atoms with E-state index in [4.69, 9.17) is 4.42 Å². The van der Waals surface area contributed by atoms with E-state index in [2.05, 4.69) is 16.4 Å². The molecule has 0 aliphatic carbocycles. The molecular formula is C15H14N2O2S. The largest absolute Gasteiger partial charge is 0.472 e. The number of nitrogens with one attached hydrogen (secondary N) is 1. The Morgan fingerprint density at radius 3 is 3.00 bits per heavy atom. The van der Waals surface area contributed by atoms with Crippen LogP contribution in [-0.2, 0) is 6.42 Å². The molecule has 3 aromatic rings. The van der Waals surface area contributed by atoms with Crippen LogP contribution in [0.3, 0.4) is 0 Å². The highest BCUT2D eigenvalue weighted by atomic mass is 32.1. The molecule has 5 heteroatoms. The number of aromatic nitrogens is 1. The standard InChI is InChI=1S/C15H14N2O2S/c18-15(11-7-9-19-10-11)16-8-3-6-14-17-12-4-1-2-5-13(12)20-14/h1-2,4-5,7,9-10H,3,6,8H2,(H,16,18). The molecule has 2 heterocycles. The molecule has 102 valence electrons. The van der Waals surface area contributed by atoms with E-state index in [0.29, 0.717) is 12.1 Å². The van der Waals surface area contributed by atoms with Crippen molar-refractivity contribution in [3.63, 3.8) is 0 Å². The molecule has 1 amide bonds. The van der Waals surface area contributed by atoms with Gasteiger partial charge < -0.3 is 9.73 Å². The van der Waals surface area contributed by atoms with Crippen molar-refractivity contribution in [1.29, 1.82) is 0 Å². The Labute approximate surface area is 120 Å². The third kappa shape index (κ3) is 2.88. The molecule has 0 fully saturated rings. The van der Waals surface area contributed by atoms with Gasteiger partial charge in [-0.15, -0.1) is 11.3 Å². The lowest BCUT2D eigenvalue weighted by molar-refractivity contribution is 0.0952. The average molecular weight is 286 g/mol. The fraction of sp³-hybridized carbons (Fsp3) is 0.200. The number of amides is 1. The summed E-state index contributed by atoms with van der Waals surface area (Å²) in [5.41, 5.74) is 1.61. The van der Waals surface area contributed by atoms with Crippen molar-refractivity contribution in [3.05, 3.63) is 53.4 Å². The van der Waals surface area contributed by atoms with Gasteiger partial charge in [-0.25, -0.2) is 4.98 Å². The lowest BCUT2D eigenvalue weighted by Crippen LogP contribution is -2.24. The molecule has 1 N–H and O–H groups in total. The Kier molecular flexibility index (Phi) is 3.78. The zero-order valence-corrected chi connectivity index (χ0v) is 11.7. The maximum absolute atomic E-state index is 11.7. The minimum Gasteiger partial charge on any atom is -0.472 e. The third-order valence-electron chi connectivity index (χ3n) is 2.97. The number of hydrogen-bond donors (Lipinski definition) is 1. The van der Waals surface area contributed by atoms with E-state index >= 15 is 0 Å². The first-order valence-electron chi connectivity index (χ1n) is 6.48. The van der Waals surface area contributed by atoms with Gasteiger partial charge in [0, 0.05) is 13.0 Å². The predicted octanol–water partition coefficient (Wildman–Crippen LogP) is 3.25. The number of furan rings is 1. The lowest BCUT2D eigenvalue weighted by atomic mass is 10.3. The van der Waals surface area contributed by atoms with Crippen molar-refractivity contribution < 1.29 is 9.21 Å². The number of rotatable bonds is 5. The number of aryl methyl sites for hydroxylation is 1. The maximum Gasteiger partial charge on any atom is 0.254 e. The van der Waals surface area contributed by atoms with Crippen molar-refractivity contribution in [1.82, 2.24) is 10.3 Å². The van der Waals surface area contributed by atoms with Crippen LogP contribution in [0.5, 0.6) is 0 Å². The molecule has 0 radical (unpaired) electrons. The minimum absolute atomic E-state index is 0.0944. The monoisotopic (exact) mass is 286 g/mol. The van der Waals surface area contributed by atoms with E-state index in [0.717, 1.165) is 23.4 Å². The smallest absolute Gasteiger partial charge is 0.254 e. The summed E-state index contributed by atoms with van der Waals surface area (Å²) in [4.78, 5) is 16.2. The van der Waals surface area contributed by atoms with Gasteiger partial charge in [0.1, 0.15) is 6.26 Å². The molecule has 20 heavy (non-hydrogen) atoms. The number of thiazole rings is 1. The summed E-state index contributed by atoms with van der Waals surface area (Å²) in [6.45, 7) is 0.639. The zero-order chi connectivity index (χ0) is 13.8. The van der Waals surface area contributed by atoms with Gasteiger partial charge in [0.05, 0.1) is 27.1 Å². The summed E-state index contributed by atoms with van der Waals surface area (Å²) >= 11 is 1.72. The average Bonchev–Trinajstić information content (AvgIpc) is 3.11. The molecule has 0 atom stereocenters. The van der Waals surface area contributed by atoms with Crippen LogP contribution in [0, 0.1) is 0 Å². The molecule has 3 rings (SSSR count). The van der Waals surface area contributed by atoms with E-state index < -0.39 is 0 Å². The van der Waals surface area contributed by atoms with Gasteiger partial charge >= 0.3 is 0 Å². The van der Waals surface area contributed by atoms with Crippen molar-refractivity contribution in [2.75, 3.05) is 6.54 Å². The van der Waals surface area contributed by atoms with E-state index in [-0.39, 0.29) is 5.91 Å². The Morgan fingerprint density at radius 2 is 2.20 bits per heavy atom. The lowest BCUT2D eigenvalue weighted by Gasteiger charge is -2.01. The Morgan fingerprint density at radius 1 is 1.30 bits per heavy atom. The van der Waals surface area contributed by atoms with Crippen molar-refractivity contribution in [2.24, 2.45) is 0 Å². The SMILES string of the molecule is O=C(NCCCc1nc2ccccc2s1)c1ccoc1. The van der Waals surface area contributed by atoms with Crippen LogP contribution in [0.15, 0.2) is 47.3 Å². The first kappa shape index (κ1) is 12.9. The second-order valence-corrected chi connectivity index (χ2v) is 5.56. The van der Waals surface area contributed by atoms with Gasteiger partial charge in [0.2, 0.25) is 0 Å². The highest BCUT2D eigenvalue weighted by Gasteiger charge is 2.06. The molecule has 0 unspecified atom stereocenters. The summed E-state index contributed by atoms with van der Waals surface area (Å²) in [7, 11) is 0. The Hall–Kier alpha value is -2.14.